The summed E-state index contributed by atoms with van der Waals surface area (Å²) in [4.78, 5) is 27.9. The molecule has 2 aromatic carbocycles. The highest BCUT2D eigenvalue weighted by molar-refractivity contribution is 7.90. The minimum Gasteiger partial charge on any atom is -0.490 e. The van der Waals surface area contributed by atoms with Gasteiger partial charge in [-0.25, -0.2) is 13.1 Å². The van der Waals surface area contributed by atoms with Gasteiger partial charge in [0.1, 0.15) is 5.75 Å². The van der Waals surface area contributed by atoms with Gasteiger partial charge in [-0.3, -0.25) is 9.59 Å². The second-order valence-electron chi connectivity index (χ2n) is 13.9. The van der Waals surface area contributed by atoms with Gasteiger partial charge in [-0.1, -0.05) is 43.7 Å². The quantitative estimate of drug-likeness (QED) is 0.370. The topological polar surface area (TPSA) is 113 Å². The van der Waals surface area contributed by atoms with Crippen molar-refractivity contribution in [3.8, 4) is 5.75 Å². The van der Waals surface area contributed by atoms with Crippen molar-refractivity contribution in [2.75, 3.05) is 24.6 Å². The summed E-state index contributed by atoms with van der Waals surface area (Å²) in [6.07, 6.45) is 9.57. The molecule has 242 valence electrons. The monoisotopic (exact) mass is 654 g/mol. The second-order valence-corrected chi connectivity index (χ2v) is 16.3. The van der Waals surface area contributed by atoms with E-state index < -0.39 is 33.1 Å². The maximum Gasteiger partial charge on any atom is 0.306 e. The van der Waals surface area contributed by atoms with Crippen LogP contribution in [0.25, 0.3) is 0 Å². The minimum absolute atomic E-state index is 0.257. The van der Waals surface area contributed by atoms with Crippen molar-refractivity contribution < 1.29 is 27.9 Å². The van der Waals surface area contributed by atoms with E-state index in [0.29, 0.717) is 31.2 Å². The molecule has 10 heteroatoms. The van der Waals surface area contributed by atoms with E-state index >= 15 is 0 Å². The van der Waals surface area contributed by atoms with Gasteiger partial charge in [-0.05, 0) is 111 Å². The van der Waals surface area contributed by atoms with E-state index in [-0.39, 0.29) is 28.7 Å². The predicted molar refractivity (Wildman–Crippen MR) is 175 cm³/mol. The number of hydrogen-bond donors (Lipinski definition) is 2. The third kappa shape index (κ3) is 6.22. The van der Waals surface area contributed by atoms with Crippen molar-refractivity contribution in [3.63, 3.8) is 0 Å². The summed E-state index contributed by atoms with van der Waals surface area (Å²) in [5.74, 6) is -1.66. The standard InChI is InChI=1S/C35H43ClN2O6S/c1-21-15-25(22(2)34(40)41)8-6-24-7-9-28(24)18-38-19-35(14-4-5-26-16-29(36)11-12-30(26)35)20-44-32-13-10-27(17-31(32)38)33(39)37-45(42,43)23(21)3/h6,8,10-13,16-17,21-25,28H,4-5,7,9,14-15,18-20H2,1-3H3,(H,37,39)(H,40,41)/b8-6+/t21-,22-,23+,24+,25+,28-,35-/m0/s1. The number of carboxylic acid groups (broad SMARTS) is 1. The fraction of sp³-hybridized carbons (Fsp3) is 0.543. The van der Waals surface area contributed by atoms with Crippen LogP contribution in [0.15, 0.2) is 48.6 Å². The average Bonchev–Trinajstić information content (AvgIpc) is 3.14. The lowest BCUT2D eigenvalue weighted by Crippen LogP contribution is -2.48. The number of carbonyl (C=O) groups is 2. The van der Waals surface area contributed by atoms with Crippen LogP contribution < -0.4 is 14.4 Å². The zero-order valence-corrected chi connectivity index (χ0v) is 27.7. The maximum absolute atomic E-state index is 13.5. The normalized spacial score (nSPS) is 32.5. The molecular formula is C35H43ClN2O6S. The predicted octanol–water partition coefficient (Wildman–Crippen LogP) is 6.22. The van der Waals surface area contributed by atoms with E-state index in [2.05, 4.69) is 27.8 Å². The first-order chi connectivity index (χ1) is 21.4. The first kappa shape index (κ1) is 31.9. The van der Waals surface area contributed by atoms with Crippen molar-refractivity contribution >= 4 is 39.2 Å². The van der Waals surface area contributed by atoms with E-state index in [1.165, 1.54) is 11.1 Å². The Morgan fingerprint density at radius 1 is 1.16 bits per heavy atom. The molecule has 0 radical (unpaired) electrons. The zero-order chi connectivity index (χ0) is 32.1. The Hall–Kier alpha value is -3.04. The number of allylic oxidation sites excluding steroid dienone is 2. The summed E-state index contributed by atoms with van der Waals surface area (Å²) in [5, 5.41) is 9.69. The van der Waals surface area contributed by atoms with Crippen LogP contribution in [0.5, 0.6) is 5.75 Å². The molecule has 1 spiro atoms. The molecule has 2 bridgehead atoms. The van der Waals surface area contributed by atoms with Crippen LogP contribution in [0.1, 0.15) is 74.4 Å². The number of aryl methyl sites for hydroxylation is 1. The van der Waals surface area contributed by atoms with Crippen molar-refractivity contribution in [2.24, 2.45) is 29.6 Å². The SMILES string of the molecule is C[C@H](C(=O)O)[C@@H]1/C=C/[C@@H]2CC[C@H]2CN2C[C@@]3(CCCc4cc(Cl)ccc43)COc3ccc(cc32)C(=O)NS(=O)(=O)[C@H](C)[C@@H](C)C1. The molecule has 1 amide bonds. The third-order valence-electron chi connectivity index (χ3n) is 11.0. The van der Waals surface area contributed by atoms with Gasteiger partial charge in [0.2, 0.25) is 10.0 Å². The van der Waals surface area contributed by atoms with Gasteiger partial charge in [0.05, 0.1) is 23.5 Å². The van der Waals surface area contributed by atoms with E-state index in [1.54, 1.807) is 32.0 Å². The van der Waals surface area contributed by atoms with Gasteiger partial charge < -0.3 is 14.7 Å². The summed E-state index contributed by atoms with van der Waals surface area (Å²) in [6.45, 7) is 7.00. The number of nitrogens with zero attached hydrogens (tertiary/aromatic N) is 1. The molecule has 2 aliphatic carbocycles. The lowest BCUT2D eigenvalue weighted by molar-refractivity contribution is -0.142. The number of hydrogen-bond acceptors (Lipinski definition) is 6. The lowest BCUT2D eigenvalue weighted by Gasteiger charge is -2.44. The molecule has 2 heterocycles. The first-order valence-electron chi connectivity index (χ1n) is 16.1. The maximum atomic E-state index is 13.5. The largest absolute Gasteiger partial charge is 0.490 e. The molecule has 2 aromatic rings. The van der Waals surface area contributed by atoms with Gasteiger partial charge in [0, 0.05) is 29.1 Å². The molecule has 45 heavy (non-hydrogen) atoms. The number of nitrogens with one attached hydrogen (secondary N) is 1. The van der Waals surface area contributed by atoms with Crippen molar-refractivity contribution in [1.82, 2.24) is 4.72 Å². The summed E-state index contributed by atoms with van der Waals surface area (Å²) < 4.78 is 35.7. The van der Waals surface area contributed by atoms with Crippen molar-refractivity contribution in [2.45, 2.75) is 70.0 Å². The Labute approximate surface area is 271 Å². The Morgan fingerprint density at radius 3 is 2.69 bits per heavy atom. The van der Waals surface area contributed by atoms with Gasteiger partial charge in [-0.15, -0.1) is 0 Å². The molecule has 0 aromatic heterocycles. The number of carbonyl (C=O) groups excluding carboxylic acids is 1. The van der Waals surface area contributed by atoms with Gasteiger partial charge in [0.15, 0.2) is 0 Å². The molecule has 7 atom stereocenters. The summed E-state index contributed by atoms with van der Waals surface area (Å²) in [5.41, 5.74) is 3.27. The second kappa shape index (κ2) is 12.3. The molecule has 2 N–H and O–H groups in total. The molecule has 0 unspecified atom stereocenters. The number of benzene rings is 2. The number of carboxylic acids is 1. The highest BCUT2D eigenvalue weighted by Gasteiger charge is 2.43. The Kier molecular flexibility index (Phi) is 8.72. The highest BCUT2D eigenvalue weighted by Crippen LogP contribution is 2.46. The summed E-state index contributed by atoms with van der Waals surface area (Å²) in [6, 6.07) is 11.4. The molecule has 6 rings (SSSR count). The van der Waals surface area contributed by atoms with E-state index in [9.17, 15) is 23.1 Å². The number of halogens is 1. The lowest BCUT2D eigenvalue weighted by atomic mass is 9.69. The average molecular weight is 655 g/mol. The van der Waals surface area contributed by atoms with Gasteiger partial charge >= 0.3 is 5.97 Å². The number of amides is 1. The van der Waals surface area contributed by atoms with E-state index in [4.69, 9.17) is 16.3 Å². The number of fused-ring (bicyclic) bond motifs is 4. The highest BCUT2D eigenvalue weighted by atomic mass is 35.5. The third-order valence-corrected chi connectivity index (χ3v) is 13.2. The molecule has 1 fully saturated rings. The number of anilines is 1. The summed E-state index contributed by atoms with van der Waals surface area (Å²) >= 11 is 6.40. The molecular weight excluding hydrogens is 612 g/mol. The Bertz CT molecular complexity index is 1630. The van der Waals surface area contributed by atoms with Crippen LogP contribution in [0, 0.1) is 29.6 Å². The van der Waals surface area contributed by atoms with Crippen molar-refractivity contribution in [1.29, 1.82) is 0 Å². The minimum atomic E-state index is -4.04. The fourth-order valence-electron chi connectivity index (χ4n) is 7.74. The van der Waals surface area contributed by atoms with Gasteiger partial charge in [-0.2, -0.15) is 0 Å². The smallest absolute Gasteiger partial charge is 0.306 e. The zero-order valence-electron chi connectivity index (χ0n) is 26.2. The molecule has 2 aliphatic heterocycles. The van der Waals surface area contributed by atoms with Crippen LogP contribution in [-0.2, 0) is 26.7 Å². The first-order valence-corrected chi connectivity index (χ1v) is 18.1. The number of ether oxygens (including phenoxy) is 1. The Balaban J connectivity index is 1.42. The fourth-order valence-corrected chi connectivity index (χ4v) is 9.22. The number of rotatable bonds is 2. The van der Waals surface area contributed by atoms with Gasteiger partial charge in [0.25, 0.3) is 5.91 Å². The van der Waals surface area contributed by atoms with E-state index in [1.807, 2.05) is 19.1 Å². The number of sulfonamides is 1. The molecule has 4 aliphatic rings. The van der Waals surface area contributed by atoms with Crippen molar-refractivity contribution in [3.05, 3.63) is 70.3 Å². The molecule has 8 nitrogen and oxygen atoms in total. The van der Waals surface area contributed by atoms with Crippen LogP contribution in [0.2, 0.25) is 5.02 Å². The molecule has 1 saturated carbocycles. The summed E-state index contributed by atoms with van der Waals surface area (Å²) in [7, 11) is -4.04. The van der Waals surface area contributed by atoms with Crippen LogP contribution in [0.3, 0.4) is 0 Å². The number of aliphatic carboxylic acids is 1. The Morgan fingerprint density at radius 2 is 1.96 bits per heavy atom. The van der Waals surface area contributed by atoms with Crippen LogP contribution >= 0.6 is 11.6 Å². The molecule has 0 saturated heterocycles. The van der Waals surface area contributed by atoms with Crippen LogP contribution in [-0.4, -0.2) is 50.3 Å². The van der Waals surface area contributed by atoms with Crippen LogP contribution in [0.4, 0.5) is 5.69 Å². The van der Waals surface area contributed by atoms with E-state index in [0.717, 1.165) is 49.4 Å².